The molecule has 0 aromatic carbocycles. The lowest BCUT2D eigenvalue weighted by atomic mass is 9.31. The van der Waals surface area contributed by atoms with Crippen molar-refractivity contribution in [2.45, 2.75) is 129 Å². The van der Waals surface area contributed by atoms with E-state index in [0.717, 1.165) is 45.3 Å². The molecular formula is C28H46. The van der Waals surface area contributed by atoms with Crippen LogP contribution in [0.2, 0.25) is 0 Å². The van der Waals surface area contributed by atoms with Crippen molar-refractivity contribution in [3.63, 3.8) is 0 Å². The van der Waals surface area contributed by atoms with Gasteiger partial charge in [0.1, 0.15) is 0 Å². The van der Waals surface area contributed by atoms with Gasteiger partial charge in [-0.25, -0.2) is 0 Å². The summed E-state index contributed by atoms with van der Waals surface area (Å²) in [6.45, 7) is 4.85. The molecule has 0 spiro atoms. The highest BCUT2D eigenvalue weighted by Crippen LogP contribution is 2.79. The van der Waals surface area contributed by atoms with Gasteiger partial charge in [0, 0.05) is 0 Å². The first-order valence-corrected chi connectivity index (χ1v) is 13.5. The average molecular weight is 383 g/mol. The molecule has 8 rings (SSSR count). The van der Waals surface area contributed by atoms with E-state index in [2.05, 4.69) is 13.8 Å². The molecule has 0 amide bonds. The van der Waals surface area contributed by atoms with Crippen molar-refractivity contribution in [1.29, 1.82) is 0 Å². The normalized spacial score (nSPS) is 55.9. The van der Waals surface area contributed by atoms with E-state index in [1.54, 1.807) is 89.9 Å². The van der Waals surface area contributed by atoms with Crippen LogP contribution in [-0.2, 0) is 0 Å². The molecule has 0 nitrogen and oxygen atoms in total. The van der Waals surface area contributed by atoms with Crippen LogP contribution in [0.3, 0.4) is 0 Å². The molecule has 0 heteroatoms. The van der Waals surface area contributed by atoms with Gasteiger partial charge < -0.3 is 0 Å². The summed E-state index contributed by atoms with van der Waals surface area (Å²) in [4.78, 5) is 0. The van der Waals surface area contributed by atoms with Gasteiger partial charge >= 0.3 is 0 Å². The fourth-order valence-electron chi connectivity index (χ4n) is 11.8. The Morgan fingerprint density at radius 2 is 0.893 bits per heavy atom. The van der Waals surface area contributed by atoms with Crippen LogP contribution in [0, 0.1) is 45.3 Å². The van der Waals surface area contributed by atoms with Gasteiger partial charge in [-0.1, -0.05) is 39.5 Å². The summed E-state index contributed by atoms with van der Waals surface area (Å²) in [5.74, 6) is 4.49. The summed E-state index contributed by atoms with van der Waals surface area (Å²) in [5, 5.41) is 0. The van der Waals surface area contributed by atoms with Crippen molar-refractivity contribution < 1.29 is 0 Å². The SMILES string of the molecule is CCCCC12C[C@H]3C[C@@H](C1)CC(C14C[C@@H]5C[C@@H](CC(CCCC)(C5)C1)C4)(C3)C2. The van der Waals surface area contributed by atoms with Gasteiger partial charge in [0.15, 0.2) is 0 Å². The van der Waals surface area contributed by atoms with Gasteiger partial charge in [-0.3, -0.25) is 0 Å². The number of hydrogen-bond donors (Lipinski definition) is 0. The Labute approximate surface area is 175 Å². The van der Waals surface area contributed by atoms with Crippen LogP contribution in [0.4, 0.5) is 0 Å². The topological polar surface area (TPSA) is 0 Å². The first kappa shape index (κ1) is 18.7. The fourth-order valence-corrected chi connectivity index (χ4v) is 11.8. The minimum Gasteiger partial charge on any atom is -0.0654 e. The largest absolute Gasteiger partial charge is 0.0654 e. The zero-order valence-electron chi connectivity index (χ0n) is 19.0. The second kappa shape index (κ2) is 6.26. The van der Waals surface area contributed by atoms with Crippen molar-refractivity contribution in [2.75, 3.05) is 0 Å². The maximum Gasteiger partial charge on any atom is -0.0230 e. The van der Waals surface area contributed by atoms with Crippen LogP contribution in [0.5, 0.6) is 0 Å². The molecule has 28 heavy (non-hydrogen) atoms. The van der Waals surface area contributed by atoms with Crippen molar-refractivity contribution >= 4 is 0 Å². The summed E-state index contributed by atoms with van der Waals surface area (Å²) >= 11 is 0. The van der Waals surface area contributed by atoms with E-state index in [9.17, 15) is 0 Å². The first-order chi connectivity index (χ1) is 13.5. The molecule has 0 aliphatic heterocycles. The summed E-state index contributed by atoms with van der Waals surface area (Å²) in [6.07, 6.45) is 28.8. The van der Waals surface area contributed by atoms with Crippen LogP contribution in [0.1, 0.15) is 129 Å². The van der Waals surface area contributed by atoms with Gasteiger partial charge in [-0.15, -0.1) is 0 Å². The Morgan fingerprint density at radius 1 is 0.536 bits per heavy atom. The van der Waals surface area contributed by atoms with E-state index in [-0.39, 0.29) is 0 Å². The Hall–Kier alpha value is 0. The highest BCUT2D eigenvalue weighted by atomic mass is 14.7. The van der Waals surface area contributed by atoms with Gasteiger partial charge in [-0.2, -0.15) is 0 Å². The van der Waals surface area contributed by atoms with Crippen molar-refractivity contribution in [2.24, 2.45) is 45.3 Å². The molecule has 8 aliphatic carbocycles. The van der Waals surface area contributed by atoms with Gasteiger partial charge in [0.25, 0.3) is 0 Å². The van der Waals surface area contributed by atoms with Crippen LogP contribution in [-0.4, -0.2) is 0 Å². The van der Waals surface area contributed by atoms with Crippen molar-refractivity contribution in [1.82, 2.24) is 0 Å². The zero-order valence-corrected chi connectivity index (χ0v) is 19.0. The Bertz CT molecular complexity index is 532. The van der Waals surface area contributed by atoms with Crippen molar-refractivity contribution in [3.05, 3.63) is 0 Å². The molecule has 8 bridgehead atoms. The van der Waals surface area contributed by atoms with E-state index in [1.165, 1.54) is 25.7 Å². The predicted octanol–water partition coefficient (Wildman–Crippen LogP) is 8.54. The van der Waals surface area contributed by atoms with E-state index < -0.39 is 0 Å². The molecule has 8 aliphatic rings. The maximum atomic E-state index is 2.42. The number of unbranched alkanes of at least 4 members (excludes halogenated alkanes) is 2. The molecule has 8 saturated carbocycles. The predicted molar refractivity (Wildman–Crippen MR) is 118 cm³/mol. The Balaban J connectivity index is 1.35. The zero-order chi connectivity index (χ0) is 19.0. The average Bonchev–Trinajstić information content (AvgIpc) is 2.63. The standard InChI is InChI=1S/C28H46/c1-3-5-7-25-11-21-9-22(12-25)16-27(15-21,19-25)28-17-23-10-24(18-28)14-26(13-23,20-28)8-6-4-2/h21-24H,3-20H2,1-2H3/t21-,22+,23-,24+,25?,26?,27?,28?. The third kappa shape index (κ3) is 2.60. The summed E-state index contributed by atoms with van der Waals surface area (Å²) in [6, 6.07) is 0. The Kier molecular flexibility index (Phi) is 4.19. The van der Waals surface area contributed by atoms with Crippen molar-refractivity contribution in [3.8, 4) is 0 Å². The molecule has 8 atom stereocenters. The highest BCUT2D eigenvalue weighted by Gasteiger charge is 2.69. The van der Waals surface area contributed by atoms with Gasteiger partial charge in [0.2, 0.25) is 0 Å². The molecule has 0 N–H and O–H groups in total. The molecule has 158 valence electrons. The number of hydrogen-bond acceptors (Lipinski definition) is 0. The van der Waals surface area contributed by atoms with E-state index in [4.69, 9.17) is 0 Å². The first-order valence-electron chi connectivity index (χ1n) is 13.5. The molecular weight excluding hydrogens is 336 g/mol. The minimum atomic E-state index is 0.792. The van der Waals surface area contributed by atoms with Gasteiger partial charge in [-0.05, 0) is 135 Å². The highest BCUT2D eigenvalue weighted by molar-refractivity contribution is 5.19. The summed E-state index contributed by atoms with van der Waals surface area (Å²) in [7, 11) is 0. The smallest absolute Gasteiger partial charge is 0.0230 e. The van der Waals surface area contributed by atoms with Crippen LogP contribution >= 0.6 is 0 Å². The van der Waals surface area contributed by atoms with Crippen LogP contribution in [0.15, 0.2) is 0 Å². The molecule has 8 fully saturated rings. The second-order valence-electron chi connectivity index (χ2n) is 13.7. The van der Waals surface area contributed by atoms with E-state index in [0.29, 0.717) is 0 Å². The molecule has 4 unspecified atom stereocenters. The van der Waals surface area contributed by atoms with Crippen LogP contribution < -0.4 is 0 Å². The maximum absolute atomic E-state index is 2.42. The van der Waals surface area contributed by atoms with Gasteiger partial charge in [0.05, 0.1) is 0 Å². The minimum absolute atomic E-state index is 0.792. The third-order valence-electron chi connectivity index (χ3n) is 11.6. The lowest BCUT2D eigenvalue weighted by Gasteiger charge is -2.74. The summed E-state index contributed by atoms with van der Waals surface area (Å²) in [5.41, 5.74) is 3.17. The molecule has 0 heterocycles. The monoisotopic (exact) mass is 382 g/mol. The second-order valence-corrected chi connectivity index (χ2v) is 13.7. The third-order valence-corrected chi connectivity index (χ3v) is 11.6. The van der Waals surface area contributed by atoms with E-state index >= 15 is 0 Å². The quantitative estimate of drug-likeness (QED) is 0.414. The van der Waals surface area contributed by atoms with E-state index in [1.807, 2.05) is 0 Å². The van der Waals surface area contributed by atoms with Crippen LogP contribution in [0.25, 0.3) is 0 Å². The lowest BCUT2D eigenvalue weighted by Crippen LogP contribution is -2.64. The fraction of sp³-hybridized carbons (Fsp3) is 1.00. The molecule has 0 aromatic rings. The summed E-state index contributed by atoms with van der Waals surface area (Å²) < 4.78 is 0. The Morgan fingerprint density at radius 3 is 1.21 bits per heavy atom. The molecule has 0 saturated heterocycles. The number of rotatable bonds is 7. The molecule has 0 radical (unpaired) electrons. The lowest BCUT2D eigenvalue weighted by molar-refractivity contribution is -0.240. The molecule has 0 aromatic heterocycles.